The van der Waals surface area contributed by atoms with E-state index in [1.165, 1.54) is 0 Å². The topological polar surface area (TPSA) is 288 Å². The van der Waals surface area contributed by atoms with Gasteiger partial charge >= 0.3 is 17.3 Å². The SMILES string of the molecule is O=[N+]([O-])c1cc([N+](=O)[O-])c(O[C@H]2O[C@H](CO)[C@@H](O[C@H]3O[C@H](CO)[C@@H](O)[C@H](O)[C@H]3O)[C@@H](O)C2(F)F)c([N+](=O)[O-])c1. The predicted octanol–water partition coefficient (Wildman–Crippen LogP) is -2.31. The van der Waals surface area contributed by atoms with Crippen LogP contribution < -0.4 is 4.74 Å². The van der Waals surface area contributed by atoms with Crippen molar-refractivity contribution in [3.05, 3.63) is 42.5 Å². The van der Waals surface area contributed by atoms with Crippen molar-refractivity contribution < 1.29 is 73.1 Å². The molecular weight excluding hydrogens is 552 g/mol. The van der Waals surface area contributed by atoms with Crippen molar-refractivity contribution in [1.29, 1.82) is 0 Å². The Hall–Kier alpha value is -3.28. The summed E-state index contributed by atoms with van der Waals surface area (Å²) in [5, 5.41) is 92.9. The first-order chi connectivity index (χ1) is 18.1. The number of halogens is 2. The molecule has 2 aliphatic rings. The molecule has 0 saturated carbocycles. The lowest BCUT2D eigenvalue weighted by molar-refractivity contribution is -0.408. The van der Waals surface area contributed by atoms with E-state index in [0.717, 1.165) is 0 Å². The Morgan fingerprint density at radius 1 is 0.846 bits per heavy atom. The Labute approximate surface area is 213 Å². The van der Waals surface area contributed by atoms with E-state index in [1.54, 1.807) is 0 Å². The quantitative estimate of drug-likeness (QED) is 0.134. The van der Waals surface area contributed by atoms with Crippen LogP contribution in [0, 0.1) is 30.3 Å². The van der Waals surface area contributed by atoms with E-state index in [-0.39, 0.29) is 12.1 Å². The third kappa shape index (κ3) is 5.70. The highest BCUT2D eigenvalue weighted by molar-refractivity contribution is 5.65. The van der Waals surface area contributed by atoms with Gasteiger partial charge in [0, 0.05) is 0 Å². The summed E-state index contributed by atoms with van der Waals surface area (Å²) in [5.41, 5.74) is -4.08. The zero-order valence-electron chi connectivity index (χ0n) is 19.1. The van der Waals surface area contributed by atoms with Gasteiger partial charge in [0.05, 0.1) is 40.1 Å². The summed E-state index contributed by atoms with van der Waals surface area (Å²) >= 11 is 0. The van der Waals surface area contributed by atoms with Gasteiger partial charge in [0.15, 0.2) is 12.4 Å². The largest absolute Gasteiger partial charge is 0.445 e. The number of nitro benzene ring substituents is 3. The minimum Gasteiger partial charge on any atom is -0.445 e. The highest BCUT2D eigenvalue weighted by Gasteiger charge is 2.62. The average molecular weight is 573 g/mol. The van der Waals surface area contributed by atoms with Crippen LogP contribution in [-0.2, 0) is 14.2 Å². The zero-order valence-corrected chi connectivity index (χ0v) is 19.1. The monoisotopic (exact) mass is 573 g/mol. The second-order valence-electron chi connectivity index (χ2n) is 8.31. The number of hydrogen-bond donors (Lipinski definition) is 6. The van der Waals surface area contributed by atoms with E-state index < -0.39 is 112 Å². The molecule has 0 spiro atoms. The smallest absolute Gasteiger partial charge is 0.336 e. The minimum atomic E-state index is -4.63. The number of non-ortho nitro benzene ring substituents is 1. The highest BCUT2D eigenvalue weighted by atomic mass is 19.3. The molecule has 1 aromatic carbocycles. The van der Waals surface area contributed by atoms with Gasteiger partial charge < -0.3 is 49.6 Å². The molecule has 0 bridgehead atoms. The second kappa shape index (κ2) is 11.4. The molecule has 0 aromatic heterocycles. The number of rotatable bonds is 9. The maximum Gasteiger partial charge on any atom is 0.336 e. The molecule has 0 aliphatic carbocycles. The maximum absolute atomic E-state index is 15.2. The normalized spacial score (nSPS) is 34.3. The van der Waals surface area contributed by atoms with E-state index >= 15 is 8.78 Å². The van der Waals surface area contributed by atoms with Crippen LogP contribution in [-0.4, -0.2) is 120 Å². The molecular formula is C18H21F2N3O16. The van der Waals surface area contributed by atoms with Gasteiger partial charge in [-0.25, -0.2) is 0 Å². The summed E-state index contributed by atoms with van der Waals surface area (Å²) in [5.74, 6) is -6.12. The minimum absolute atomic E-state index is 0.203. The number of aliphatic hydroxyl groups is 6. The molecule has 0 radical (unpaired) electrons. The summed E-state index contributed by atoms with van der Waals surface area (Å²) in [6.07, 6.45) is -19.9. The molecule has 2 fully saturated rings. The van der Waals surface area contributed by atoms with Gasteiger partial charge in [0.2, 0.25) is 0 Å². The maximum atomic E-state index is 15.2. The number of nitro groups is 3. The summed E-state index contributed by atoms with van der Waals surface area (Å²) in [6.45, 7) is -2.14. The molecule has 218 valence electrons. The second-order valence-corrected chi connectivity index (χ2v) is 8.31. The fourth-order valence-electron chi connectivity index (χ4n) is 3.83. The van der Waals surface area contributed by atoms with Crippen molar-refractivity contribution >= 4 is 17.1 Å². The van der Waals surface area contributed by atoms with Crippen LogP contribution in [0.25, 0.3) is 0 Å². The molecule has 2 heterocycles. The van der Waals surface area contributed by atoms with Gasteiger partial charge in [-0.3, -0.25) is 30.3 Å². The van der Waals surface area contributed by atoms with Crippen LogP contribution in [0.15, 0.2) is 12.1 Å². The number of ether oxygens (including phenoxy) is 4. The van der Waals surface area contributed by atoms with E-state index in [0.29, 0.717) is 0 Å². The van der Waals surface area contributed by atoms with Crippen LogP contribution in [0.5, 0.6) is 5.75 Å². The van der Waals surface area contributed by atoms with E-state index in [4.69, 9.17) is 18.9 Å². The van der Waals surface area contributed by atoms with E-state index in [9.17, 15) is 61.0 Å². The van der Waals surface area contributed by atoms with Gasteiger partial charge in [0.25, 0.3) is 17.7 Å². The molecule has 2 saturated heterocycles. The molecule has 1 aromatic rings. The van der Waals surface area contributed by atoms with Gasteiger partial charge in [-0.05, 0) is 0 Å². The molecule has 39 heavy (non-hydrogen) atoms. The highest BCUT2D eigenvalue weighted by Crippen LogP contribution is 2.45. The van der Waals surface area contributed by atoms with Crippen LogP contribution in [0.3, 0.4) is 0 Å². The first-order valence-electron chi connectivity index (χ1n) is 10.7. The molecule has 19 nitrogen and oxygen atoms in total. The first-order valence-corrected chi connectivity index (χ1v) is 10.7. The predicted molar refractivity (Wildman–Crippen MR) is 112 cm³/mol. The van der Waals surface area contributed by atoms with Gasteiger partial charge in [-0.2, -0.15) is 8.78 Å². The van der Waals surface area contributed by atoms with Crippen LogP contribution >= 0.6 is 0 Å². The number of benzene rings is 1. The Balaban J connectivity index is 1.95. The van der Waals surface area contributed by atoms with Crippen molar-refractivity contribution in [2.45, 2.75) is 61.2 Å². The lowest BCUT2D eigenvalue weighted by Crippen LogP contribution is -2.67. The van der Waals surface area contributed by atoms with Gasteiger partial charge in [-0.1, -0.05) is 0 Å². The third-order valence-electron chi connectivity index (χ3n) is 5.87. The molecule has 2 aliphatic heterocycles. The van der Waals surface area contributed by atoms with Crippen molar-refractivity contribution in [3.63, 3.8) is 0 Å². The van der Waals surface area contributed by atoms with Crippen molar-refractivity contribution in [3.8, 4) is 5.75 Å². The van der Waals surface area contributed by atoms with E-state index in [2.05, 4.69) is 0 Å². The van der Waals surface area contributed by atoms with Crippen LogP contribution in [0.1, 0.15) is 0 Å². The Kier molecular flexibility index (Phi) is 8.88. The van der Waals surface area contributed by atoms with E-state index in [1.807, 2.05) is 0 Å². The Morgan fingerprint density at radius 3 is 1.85 bits per heavy atom. The Morgan fingerprint density at radius 2 is 1.38 bits per heavy atom. The summed E-state index contributed by atoms with van der Waals surface area (Å²) in [4.78, 5) is 29.8. The lowest BCUT2D eigenvalue weighted by atomic mass is 9.96. The van der Waals surface area contributed by atoms with Crippen LogP contribution in [0.4, 0.5) is 25.8 Å². The molecule has 3 rings (SSSR count). The fourth-order valence-corrected chi connectivity index (χ4v) is 3.83. The molecule has 6 N–H and O–H groups in total. The lowest BCUT2D eigenvalue weighted by Gasteiger charge is -2.46. The average Bonchev–Trinajstić information content (AvgIpc) is 2.87. The molecule has 0 unspecified atom stereocenters. The third-order valence-corrected chi connectivity index (χ3v) is 5.87. The zero-order chi connectivity index (χ0) is 29.4. The standard InChI is InChI=1S/C18H21F2N3O16/c19-18(20)15(29)14(38-16-12(28)11(27)10(26)8(3-24)36-16)9(4-25)37-17(18)39-13-6(22(32)33)1-5(21(30)31)2-7(13)23(34)35/h1-2,8-12,14-17,24-29H,3-4H2/t8-,9-,10-,11+,12-,14-,15-,16-,17-/m1/s1. The van der Waals surface area contributed by atoms with Crippen LogP contribution in [0.2, 0.25) is 0 Å². The number of hydrogen-bond acceptors (Lipinski definition) is 16. The fraction of sp³-hybridized carbons (Fsp3) is 0.667. The number of aliphatic hydroxyl groups excluding tert-OH is 6. The summed E-state index contributed by atoms with van der Waals surface area (Å²) in [6, 6.07) is 0.405. The van der Waals surface area contributed by atoms with Gasteiger partial charge in [-0.15, -0.1) is 0 Å². The van der Waals surface area contributed by atoms with Crippen molar-refractivity contribution in [2.75, 3.05) is 13.2 Å². The summed E-state index contributed by atoms with van der Waals surface area (Å²) < 4.78 is 50.1. The summed E-state index contributed by atoms with van der Waals surface area (Å²) in [7, 11) is 0. The molecule has 0 amide bonds. The van der Waals surface area contributed by atoms with Gasteiger partial charge in [0.1, 0.15) is 36.6 Å². The Bertz CT molecular complexity index is 1070. The number of alkyl halides is 2. The molecule has 21 heteroatoms. The number of nitrogens with zero attached hydrogens (tertiary/aromatic N) is 3. The van der Waals surface area contributed by atoms with Crippen molar-refractivity contribution in [1.82, 2.24) is 0 Å². The molecule has 9 atom stereocenters. The van der Waals surface area contributed by atoms with Crippen molar-refractivity contribution in [2.24, 2.45) is 0 Å². The first kappa shape index (κ1) is 30.3.